The van der Waals surface area contributed by atoms with Gasteiger partial charge in [0.05, 0.1) is 19.5 Å². The van der Waals surface area contributed by atoms with Gasteiger partial charge in [0.1, 0.15) is 23.0 Å². The number of hydrogen-bond donors (Lipinski definition) is 2. The standard InChI is InChI=1S/C16H15N5O3/c1-10-6-14(21-24-10)20-16(22)13-8-18-15(9-17-13)19-11-4-3-5-12(7-11)23-2/h3-9H,1-2H3,(H,18,19)(H,20,21,22). The van der Waals surface area contributed by atoms with Crippen molar-refractivity contribution < 1.29 is 14.1 Å². The van der Waals surface area contributed by atoms with Crippen LogP contribution in [0.1, 0.15) is 16.2 Å². The second kappa shape index (κ2) is 6.78. The molecule has 0 bridgehead atoms. The Morgan fingerprint density at radius 3 is 2.71 bits per heavy atom. The zero-order chi connectivity index (χ0) is 16.9. The molecule has 0 fully saturated rings. The molecule has 3 rings (SSSR count). The second-order valence-corrected chi connectivity index (χ2v) is 4.92. The van der Waals surface area contributed by atoms with Crippen molar-refractivity contribution in [2.75, 3.05) is 17.7 Å². The molecule has 122 valence electrons. The molecule has 2 heterocycles. The van der Waals surface area contributed by atoms with Gasteiger partial charge < -0.3 is 19.9 Å². The van der Waals surface area contributed by atoms with E-state index in [-0.39, 0.29) is 5.69 Å². The van der Waals surface area contributed by atoms with E-state index in [9.17, 15) is 4.79 Å². The Balaban J connectivity index is 1.67. The summed E-state index contributed by atoms with van der Waals surface area (Å²) in [7, 11) is 1.60. The molecule has 0 saturated carbocycles. The van der Waals surface area contributed by atoms with Gasteiger partial charge in [-0.25, -0.2) is 9.97 Å². The van der Waals surface area contributed by atoms with Crippen LogP contribution in [0.15, 0.2) is 47.2 Å². The maximum Gasteiger partial charge on any atom is 0.277 e. The Hall–Kier alpha value is -3.42. The van der Waals surface area contributed by atoms with Gasteiger partial charge in [0.25, 0.3) is 5.91 Å². The van der Waals surface area contributed by atoms with Crippen LogP contribution in [0, 0.1) is 6.92 Å². The van der Waals surface area contributed by atoms with Crippen molar-refractivity contribution in [3.05, 3.63) is 54.2 Å². The predicted molar refractivity (Wildman–Crippen MR) is 87.5 cm³/mol. The van der Waals surface area contributed by atoms with Crippen molar-refractivity contribution in [3.63, 3.8) is 0 Å². The number of benzene rings is 1. The molecule has 0 atom stereocenters. The van der Waals surface area contributed by atoms with Gasteiger partial charge in [-0.1, -0.05) is 11.2 Å². The zero-order valence-electron chi connectivity index (χ0n) is 13.1. The number of methoxy groups -OCH3 is 1. The second-order valence-electron chi connectivity index (χ2n) is 4.92. The number of rotatable bonds is 5. The van der Waals surface area contributed by atoms with E-state index in [1.165, 1.54) is 12.4 Å². The van der Waals surface area contributed by atoms with Crippen LogP contribution in [0.25, 0.3) is 0 Å². The minimum Gasteiger partial charge on any atom is -0.497 e. The SMILES string of the molecule is COc1cccc(Nc2cnc(C(=O)Nc3cc(C)on3)cn2)c1. The maximum atomic E-state index is 12.0. The molecule has 8 heteroatoms. The minimum atomic E-state index is -0.413. The van der Waals surface area contributed by atoms with E-state index in [1.807, 2.05) is 24.3 Å². The summed E-state index contributed by atoms with van der Waals surface area (Å²) in [6.07, 6.45) is 2.85. The van der Waals surface area contributed by atoms with Gasteiger partial charge in [-0.05, 0) is 19.1 Å². The molecule has 0 radical (unpaired) electrons. The molecule has 24 heavy (non-hydrogen) atoms. The highest BCUT2D eigenvalue weighted by Gasteiger charge is 2.11. The number of anilines is 3. The lowest BCUT2D eigenvalue weighted by Gasteiger charge is -2.07. The minimum absolute atomic E-state index is 0.173. The Morgan fingerprint density at radius 2 is 2.04 bits per heavy atom. The maximum absolute atomic E-state index is 12.0. The van der Waals surface area contributed by atoms with Gasteiger partial charge in [0, 0.05) is 17.8 Å². The van der Waals surface area contributed by atoms with Crippen LogP contribution in [0.2, 0.25) is 0 Å². The van der Waals surface area contributed by atoms with Gasteiger partial charge >= 0.3 is 0 Å². The molecule has 0 unspecified atom stereocenters. The van der Waals surface area contributed by atoms with Crippen LogP contribution in [0.3, 0.4) is 0 Å². The zero-order valence-corrected chi connectivity index (χ0v) is 13.1. The van der Waals surface area contributed by atoms with E-state index >= 15 is 0 Å². The Bertz CT molecular complexity index is 845. The molecule has 1 aromatic carbocycles. The summed E-state index contributed by atoms with van der Waals surface area (Å²) in [5.74, 6) is 1.76. The van der Waals surface area contributed by atoms with Crippen LogP contribution in [-0.2, 0) is 0 Å². The smallest absolute Gasteiger partial charge is 0.277 e. The number of nitrogens with one attached hydrogen (secondary N) is 2. The molecule has 0 spiro atoms. The van der Waals surface area contributed by atoms with Crippen molar-refractivity contribution in [1.82, 2.24) is 15.1 Å². The quantitative estimate of drug-likeness (QED) is 0.743. The van der Waals surface area contributed by atoms with E-state index < -0.39 is 5.91 Å². The summed E-state index contributed by atoms with van der Waals surface area (Å²) in [4.78, 5) is 20.3. The summed E-state index contributed by atoms with van der Waals surface area (Å²) in [6, 6.07) is 9.02. The van der Waals surface area contributed by atoms with Crippen LogP contribution in [-0.4, -0.2) is 28.1 Å². The Kier molecular flexibility index (Phi) is 4.37. The fourth-order valence-corrected chi connectivity index (χ4v) is 1.96. The first-order valence-electron chi connectivity index (χ1n) is 7.12. The summed E-state index contributed by atoms with van der Waals surface area (Å²) in [5, 5.41) is 9.36. The molecule has 3 aromatic rings. The molecular weight excluding hydrogens is 310 g/mol. The van der Waals surface area contributed by atoms with Crippen molar-refractivity contribution in [2.45, 2.75) is 6.92 Å². The van der Waals surface area contributed by atoms with Crippen molar-refractivity contribution in [2.24, 2.45) is 0 Å². The molecular formula is C16H15N5O3. The first-order chi connectivity index (χ1) is 11.6. The van der Waals surface area contributed by atoms with Crippen LogP contribution < -0.4 is 15.4 Å². The van der Waals surface area contributed by atoms with E-state index in [4.69, 9.17) is 9.26 Å². The van der Waals surface area contributed by atoms with Gasteiger partial charge in [0.2, 0.25) is 0 Å². The van der Waals surface area contributed by atoms with E-state index in [1.54, 1.807) is 20.1 Å². The molecule has 0 aliphatic heterocycles. The number of carbonyl (C=O) groups is 1. The normalized spacial score (nSPS) is 10.2. The number of nitrogens with zero attached hydrogens (tertiary/aromatic N) is 3. The third-order valence-electron chi connectivity index (χ3n) is 3.10. The average molecular weight is 325 g/mol. The summed E-state index contributed by atoms with van der Waals surface area (Å²) < 4.78 is 10.0. The number of ether oxygens (including phenoxy) is 1. The van der Waals surface area contributed by atoms with E-state index in [2.05, 4.69) is 25.8 Å². The predicted octanol–water partition coefficient (Wildman–Crippen LogP) is 2.78. The van der Waals surface area contributed by atoms with Crippen molar-refractivity contribution in [3.8, 4) is 5.75 Å². The largest absolute Gasteiger partial charge is 0.497 e. The average Bonchev–Trinajstić information content (AvgIpc) is 3.00. The van der Waals surface area contributed by atoms with Gasteiger partial charge in [-0.3, -0.25) is 4.79 Å². The third kappa shape index (κ3) is 3.67. The van der Waals surface area contributed by atoms with Gasteiger partial charge in [0.15, 0.2) is 5.82 Å². The third-order valence-corrected chi connectivity index (χ3v) is 3.10. The molecule has 0 aliphatic carbocycles. The Labute approximate surface area is 137 Å². The van der Waals surface area contributed by atoms with Crippen LogP contribution in [0.4, 0.5) is 17.3 Å². The summed E-state index contributed by atoms with van der Waals surface area (Å²) in [6.45, 7) is 1.74. The van der Waals surface area contributed by atoms with Crippen LogP contribution in [0.5, 0.6) is 5.75 Å². The molecule has 8 nitrogen and oxygen atoms in total. The highest BCUT2D eigenvalue weighted by molar-refractivity contribution is 6.02. The highest BCUT2D eigenvalue weighted by atomic mass is 16.5. The fraction of sp³-hybridized carbons (Fsp3) is 0.125. The van der Waals surface area contributed by atoms with E-state index in [0.29, 0.717) is 17.4 Å². The lowest BCUT2D eigenvalue weighted by molar-refractivity contribution is 0.102. The molecule has 0 saturated heterocycles. The first kappa shape index (κ1) is 15.5. The lowest BCUT2D eigenvalue weighted by atomic mass is 10.3. The molecule has 1 amide bonds. The summed E-state index contributed by atoms with van der Waals surface area (Å²) in [5.41, 5.74) is 0.978. The number of hydrogen-bond acceptors (Lipinski definition) is 7. The molecule has 2 aromatic heterocycles. The molecule has 0 aliphatic rings. The van der Waals surface area contributed by atoms with Crippen LogP contribution >= 0.6 is 0 Å². The number of carbonyl (C=O) groups excluding carboxylic acids is 1. The molecule has 2 N–H and O–H groups in total. The van der Waals surface area contributed by atoms with Crippen molar-refractivity contribution >= 4 is 23.2 Å². The number of aromatic nitrogens is 3. The monoisotopic (exact) mass is 325 g/mol. The summed E-state index contributed by atoms with van der Waals surface area (Å²) >= 11 is 0. The van der Waals surface area contributed by atoms with Gasteiger partial charge in [-0.15, -0.1) is 0 Å². The first-order valence-corrected chi connectivity index (χ1v) is 7.12. The van der Waals surface area contributed by atoms with E-state index in [0.717, 1.165) is 11.4 Å². The lowest BCUT2D eigenvalue weighted by Crippen LogP contribution is -2.14. The fourth-order valence-electron chi connectivity index (χ4n) is 1.96. The van der Waals surface area contributed by atoms with Gasteiger partial charge in [-0.2, -0.15) is 0 Å². The number of aryl methyl sites for hydroxylation is 1. The topological polar surface area (TPSA) is 102 Å². The van der Waals surface area contributed by atoms with Crippen molar-refractivity contribution in [1.29, 1.82) is 0 Å². The highest BCUT2D eigenvalue weighted by Crippen LogP contribution is 2.19. The Morgan fingerprint density at radius 1 is 1.17 bits per heavy atom. The number of amides is 1.